The quantitative estimate of drug-likeness (QED) is 0.712. The molecule has 0 rings (SSSR count). The molecule has 0 aromatic rings. The van der Waals surface area contributed by atoms with Gasteiger partial charge in [0.25, 0.3) is 0 Å². The van der Waals surface area contributed by atoms with E-state index < -0.39 is 7.37 Å². The molecule has 0 radical (unpaired) electrons. The molecular weight excluding hydrogens is 255 g/mol. The summed E-state index contributed by atoms with van der Waals surface area (Å²) in [5.41, 5.74) is -0.387. The summed E-state index contributed by atoms with van der Waals surface area (Å²) in [5.74, 6) is -0.187. The van der Waals surface area contributed by atoms with Crippen molar-refractivity contribution >= 4 is 13.3 Å². The van der Waals surface area contributed by atoms with Gasteiger partial charge in [-0.25, -0.2) is 0 Å². The van der Waals surface area contributed by atoms with Gasteiger partial charge in [-0.3, -0.25) is 9.36 Å². The van der Waals surface area contributed by atoms with E-state index in [1.807, 2.05) is 20.8 Å². The van der Waals surface area contributed by atoms with Crippen LogP contribution in [0.4, 0.5) is 0 Å². The molecule has 0 aliphatic rings. The molecule has 0 aromatic carbocycles. The van der Waals surface area contributed by atoms with Gasteiger partial charge >= 0.3 is 0 Å². The van der Waals surface area contributed by atoms with E-state index >= 15 is 0 Å². The first kappa shape index (κ1) is 17.6. The van der Waals surface area contributed by atoms with Gasteiger partial charge in [-0.2, -0.15) is 0 Å². The predicted octanol–water partition coefficient (Wildman–Crippen LogP) is 1.32. The molecule has 0 aromatic heterocycles. The Bertz CT molecular complexity index is 313. The van der Waals surface area contributed by atoms with Gasteiger partial charge in [0.1, 0.15) is 6.35 Å². The van der Waals surface area contributed by atoms with Gasteiger partial charge in [-0.05, 0) is 34.9 Å². The van der Waals surface area contributed by atoms with Gasteiger partial charge in [-0.1, -0.05) is 0 Å². The monoisotopic (exact) mass is 280 g/mol. The van der Waals surface area contributed by atoms with E-state index in [2.05, 4.69) is 5.32 Å². The highest BCUT2D eigenvalue weighted by molar-refractivity contribution is 7.58. The van der Waals surface area contributed by atoms with E-state index in [0.717, 1.165) is 0 Å². The summed E-state index contributed by atoms with van der Waals surface area (Å²) in [6.45, 7) is 5.87. The number of likely N-dealkylation sites (N-methyl/N-ethyl adjacent to an activating group) is 1. The number of carbonyl (C=O) groups is 1. The van der Waals surface area contributed by atoms with Crippen molar-refractivity contribution in [3.63, 3.8) is 0 Å². The maximum absolute atomic E-state index is 12.2. The predicted molar refractivity (Wildman–Crippen MR) is 71.9 cm³/mol. The lowest BCUT2D eigenvalue weighted by molar-refractivity contribution is -0.121. The summed E-state index contributed by atoms with van der Waals surface area (Å²) < 4.78 is 22.7. The van der Waals surface area contributed by atoms with E-state index in [9.17, 15) is 9.36 Å². The summed E-state index contributed by atoms with van der Waals surface area (Å²) in [5, 5.41) is 2.59. The first-order chi connectivity index (χ1) is 8.08. The zero-order valence-electron chi connectivity index (χ0n) is 12.1. The summed E-state index contributed by atoms with van der Waals surface area (Å²) in [6.07, 6.45) is -0.0124. The molecule has 0 spiro atoms. The molecule has 18 heavy (non-hydrogen) atoms. The minimum Gasteiger partial charge on any atom is -0.366 e. The number of ether oxygens (including phenoxy) is 1. The van der Waals surface area contributed by atoms with Crippen LogP contribution < -0.4 is 5.32 Å². The van der Waals surface area contributed by atoms with Crippen LogP contribution in [0.5, 0.6) is 0 Å². The molecule has 1 unspecified atom stereocenters. The minimum absolute atomic E-state index is 0.00472. The Kier molecular flexibility index (Phi) is 7.07. The van der Waals surface area contributed by atoms with Gasteiger partial charge in [0, 0.05) is 7.11 Å². The summed E-state index contributed by atoms with van der Waals surface area (Å²) in [6, 6.07) is 0. The van der Waals surface area contributed by atoms with Crippen molar-refractivity contribution in [2.24, 2.45) is 0 Å². The van der Waals surface area contributed by atoms with Gasteiger partial charge in [-0.15, -0.1) is 0 Å². The second-order valence-corrected chi connectivity index (χ2v) is 7.95. The maximum atomic E-state index is 12.2. The van der Waals surface area contributed by atoms with Gasteiger partial charge < -0.3 is 19.5 Å². The fraction of sp³-hybridized carbons (Fsp3) is 0.909. The molecule has 0 saturated carbocycles. The molecule has 0 aliphatic heterocycles. The van der Waals surface area contributed by atoms with Crippen LogP contribution in [0, 0.1) is 0 Å². The average molecular weight is 280 g/mol. The number of amides is 1. The first-order valence-electron chi connectivity index (χ1n) is 5.77. The van der Waals surface area contributed by atoms with Crippen LogP contribution in [0.15, 0.2) is 0 Å². The summed E-state index contributed by atoms with van der Waals surface area (Å²) in [4.78, 5) is 13.2. The number of nitrogens with one attached hydrogen (secondary N) is 1. The first-order valence-corrected chi connectivity index (χ1v) is 7.77. The Morgan fingerprint density at radius 1 is 1.33 bits per heavy atom. The fourth-order valence-electron chi connectivity index (χ4n) is 1.01. The van der Waals surface area contributed by atoms with Crippen molar-refractivity contribution in [3.05, 3.63) is 0 Å². The van der Waals surface area contributed by atoms with E-state index in [4.69, 9.17) is 9.26 Å². The normalized spacial score (nSPS) is 15.5. The highest BCUT2D eigenvalue weighted by atomic mass is 31.2. The fourth-order valence-corrected chi connectivity index (χ4v) is 2.33. The second kappa shape index (κ2) is 7.24. The van der Waals surface area contributed by atoms with Crippen molar-refractivity contribution in [2.75, 3.05) is 40.4 Å². The number of hydrogen-bond acceptors (Lipinski definition) is 5. The molecule has 7 heteroatoms. The number of carbonyl (C=O) groups excluding carboxylic acids is 1. The molecule has 6 nitrogen and oxygen atoms in total. The number of rotatable bonds is 7. The molecule has 1 atom stereocenters. The molecule has 1 N–H and O–H groups in total. The van der Waals surface area contributed by atoms with E-state index in [0.29, 0.717) is 0 Å². The zero-order valence-corrected chi connectivity index (χ0v) is 13.0. The lowest BCUT2D eigenvalue weighted by Crippen LogP contribution is -2.34. The van der Waals surface area contributed by atoms with Crippen LogP contribution in [0.1, 0.15) is 20.8 Å². The van der Waals surface area contributed by atoms with Crippen molar-refractivity contribution in [1.29, 1.82) is 0 Å². The van der Waals surface area contributed by atoms with Crippen LogP contribution in [0.25, 0.3) is 0 Å². The van der Waals surface area contributed by atoms with Gasteiger partial charge in [0.05, 0.1) is 18.4 Å². The van der Waals surface area contributed by atoms with Gasteiger partial charge in [0.15, 0.2) is 0 Å². The third-order valence-electron chi connectivity index (χ3n) is 2.00. The van der Waals surface area contributed by atoms with Crippen molar-refractivity contribution in [3.8, 4) is 0 Å². The SMILES string of the molecule is COP(=O)(CNC(=O)CN(C)C)COC(C)(C)C. The number of nitrogens with zero attached hydrogens (tertiary/aromatic N) is 1. The topological polar surface area (TPSA) is 67.9 Å². The lowest BCUT2D eigenvalue weighted by Gasteiger charge is -2.24. The molecule has 108 valence electrons. The van der Waals surface area contributed by atoms with Crippen LogP contribution in [0.3, 0.4) is 0 Å². The van der Waals surface area contributed by atoms with Crippen molar-refractivity contribution in [1.82, 2.24) is 10.2 Å². The summed E-state index contributed by atoms with van der Waals surface area (Å²) >= 11 is 0. The molecule has 0 saturated heterocycles. The Hall–Kier alpha value is -0.420. The average Bonchev–Trinajstić information content (AvgIpc) is 2.22. The van der Waals surface area contributed by atoms with E-state index in [1.54, 1.807) is 19.0 Å². The minimum atomic E-state index is -2.97. The largest absolute Gasteiger partial charge is 0.366 e. The Labute approximate surface area is 109 Å². The van der Waals surface area contributed by atoms with Crippen LogP contribution >= 0.6 is 7.37 Å². The van der Waals surface area contributed by atoms with Gasteiger partial charge in [0.2, 0.25) is 13.3 Å². The van der Waals surface area contributed by atoms with E-state index in [1.165, 1.54) is 7.11 Å². The van der Waals surface area contributed by atoms with Crippen LogP contribution in [-0.4, -0.2) is 56.8 Å². The molecule has 0 fully saturated rings. The smallest absolute Gasteiger partial charge is 0.246 e. The number of hydrogen-bond donors (Lipinski definition) is 1. The van der Waals surface area contributed by atoms with Crippen molar-refractivity contribution in [2.45, 2.75) is 26.4 Å². The molecular formula is C11H25N2O4P. The molecule has 1 amide bonds. The third-order valence-corrected chi connectivity index (χ3v) is 3.83. The zero-order chi connectivity index (χ0) is 14.4. The van der Waals surface area contributed by atoms with Crippen molar-refractivity contribution < 1.29 is 18.6 Å². The summed E-state index contributed by atoms with van der Waals surface area (Å²) in [7, 11) is 1.98. The highest BCUT2D eigenvalue weighted by Gasteiger charge is 2.25. The van der Waals surface area contributed by atoms with Crippen LogP contribution in [-0.2, 0) is 18.6 Å². The third kappa shape index (κ3) is 8.64. The molecule has 0 heterocycles. The van der Waals surface area contributed by atoms with E-state index in [-0.39, 0.29) is 30.7 Å². The maximum Gasteiger partial charge on any atom is 0.246 e. The standard InChI is InChI=1S/C11H25N2O4P/c1-11(2,3)17-9-18(15,16-6)8-12-10(14)7-13(4)5/h7-9H2,1-6H3,(H,12,14). The Morgan fingerprint density at radius 2 is 1.89 bits per heavy atom. The lowest BCUT2D eigenvalue weighted by atomic mass is 10.2. The Balaban J connectivity index is 4.24. The Morgan fingerprint density at radius 3 is 2.28 bits per heavy atom. The van der Waals surface area contributed by atoms with Crippen LogP contribution in [0.2, 0.25) is 0 Å². The second-order valence-electron chi connectivity index (χ2n) is 5.38. The highest BCUT2D eigenvalue weighted by Crippen LogP contribution is 2.45. The molecule has 0 aliphatic carbocycles. The molecule has 0 bridgehead atoms.